The Kier molecular flexibility index (Phi) is 8.44. The normalized spacial score (nSPS) is 24.3. The van der Waals surface area contributed by atoms with Crippen molar-refractivity contribution in [2.45, 2.75) is 44.8 Å². The predicted octanol–water partition coefficient (Wildman–Crippen LogP) is -0.188. The van der Waals surface area contributed by atoms with Gasteiger partial charge in [-0.05, 0) is 56.6 Å². The number of benzene rings is 1. The molecular weight excluding hydrogens is 420 g/mol. The molecule has 4 N–H and O–H groups in total. The van der Waals surface area contributed by atoms with Crippen molar-refractivity contribution < 1.29 is 14.4 Å². The van der Waals surface area contributed by atoms with Gasteiger partial charge in [-0.2, -0.15) is 0 Å². The summed E-state index contributed by atoms with van der Waals surface area (Å²) in [5.74, 6) is -0.718. The Morgan fingerprint density at radius 1 is 0.879 bits per heavy atom. The van der Waals surface area contributed by atoms with Crippen LogP contribution >= 0.6 is 0 Å². The van der Waals surface area contributed by atoms with Crippen LogP contribution in [0.25, 0.3) is 0 Å². The second-order valence-corrected chi connectivity index (χ2v) is 9.08. The number of fused-ring (bicyclic) bond motifs is 1. The summed E-state index contributed by atoms with van der Waals surface area (Å²) in [6.45, 7) is 8.89. The van der Waals surface area contributed by atoms with Crippen LogP contribution in [0, 0.1) is 0 Å². The maximum atomic E-state index is 13.4. The fourth-order valence-corrected chi connectivity index (χ4v) is 4.89. The van der Waals surface area contributed by atoms with E-state index in [1.54, 1.807) is 4.90 Å². The zero-order valence-electron chi connectivity index (χ0n) is 19.3. The van der Waals surface area contributed by atoms with Crippen molar-refractivity contribution in [2.24, 2.45) is 0 Å². The number of amides is 3. The first-order valence-electron chi connectivity index (χ1n) is 12.2. The third kappa shape index (κ3) is 6.17. The van der Waals surface area contributed by atoms with Crippen LogP contribution in [0.5, 0.6) is 0 Å². The molecule has 0 aliphatic carbocycles. The number of hydrogen-bond donors (Lipinski definition) is 4. The largest absolute Gasteiger partial charge is 0.322 e. The summed E-state index contributed by atoms with van der Waals surface area (Å²) in [6.07, 6.45) is 2.82. The van der Waals surface area contributed by atoms with E-state index in [0.29, 0.717) is 19.5 Å². The lowest BCUT2D eigenvalue weighted by molar-refractivity contribution is -0.136. The molecule has 0 bridgehead atoms. The monoisotopic (exact) mass is 456 g/mol. The highest BCUT2D eigenvalue weighted by Gasteiger charge is 2.40. The molecule has 0 aromatic heterocycles. The van der Waals surface area contributed by atoms with Crippen LogP contribution in [-0.2, 0) is 22.7 Å². The minimum atomic E-state index is -0.574. The highest BCUT2D eigenvalue weighted by atomic mass is 16.2. The minimum Gasteiger partial charge on any atom is -0.322 e. The standard InChI is InChI=1S/C24H36N6O3/c31-21-7-6-20(23(32)28-21)30-17-19-5-1-4-18(22(19)24(30)33)16-29-14-3-10-26-12-11-25-8-2-9-27-13-15-29/h1,4-5,20,25-27H,2-3,6-17H2,(H,28,31,32). The molecule has 1 unspecified atom stereocenters. The Morgan fingerprint density at radius 2 is 1.64 bits per heavy atom. The van der Waals surface area contributed by atoms with Crippen LogP contribution in [0.15, 0.2) is 18.2 Å². The molecule has 4 rings (SSSR count). The molecule has 3 heterocycles. The van der Waals surface area contributed by atoms with E-state index < -0.39 is 6.04 Å². The number of imide groups is 1. The van der Waals surface area contributed by atoms with E-state index in [9.17, 15) is 14.4 Å². The third-order valence-electron chi connectivity index (χ3n) is 6.65. The summed E-state index contributed by atoms with van der Waals surface area (Å²) >= 11 is 0. The first kappa shape index (κ1) is 23.8. The Hall–Kier alpha value is -2.33. The number of carbonyl (C=O) groups is 3. The SMILES string of the molecule is O=C1CCC(N2Cc3cccc(CN4CCCNCCNCCCNCC4)c3C2=O)C(=O)N1. The van der Waals surface area contributed by atoms with Gasteiger partial charge in [0.05, 0.1) is 0 Å². The number of piperidine rings is 1. The van der Waals surface area contributed by atoms with Crippen molar-refractivity contribution in [1.29, 1.82) is 0 Å². The molecule has 3 aliphatic heterocycles. The lowest BCUT2D eigenvalue weighted by Gasteiger charge is -2.29. The Balaban J connectivity index is 1.43. The van der Waals surface area contributed by atoms with E-state index in [1.165, 1.54) is 0 Å². The van der Waals surface area contributed by atoms with Gasteiger partial charge in [-0.3, -0.25) is 24.6 Å². The molecule has 0 radical (unpaired) electrons. The van der Waals surface area contributed by atoms with E-state index in [1.807, 2.05) is 18.2 Å². The summed E-state index contributed by atoms with van der Waals surface area (Å²) < 4.78 is 0. The molecule has 180 valence electrons. The van der Waals surface area contributed by atoms with E-state index >= 15 is 0 Å². The van der Waals surface area contributed by atoms with Crippen molar-refractivity contribution in [3.05, 3.63) is 34.9 Å². The van der Waals surface area contributed by atoms with Crippen molar-refractivity contribution >= 4 is 17.7 Å². The minimum absolute atomic E-state index is 0.0931. The molecular formula is C24H36N6O3. The Morgan fingerprint density at radius 3 is 2.42 bits per heavy atom. The van der Waals surface area contributed by atoms with Crippen LogP contribution in [0.1, 0.15) is 47.2 Å². The van der Waals surface area contributed by atoms with Gasteiger partial charge < -0.3 is 20.9 Å². The molecule has 33 heavy (non-hydrogen) atoms. The van der Waals surface area contributed by atoms with Crippen molar-refractivity contribution in [3.8, 4) is 0 Å². The van der Waals surface area contributed by atoms with E-state index in [0.717, 1.165) is 81.9 Å². The van der Waals surface area contributed by atoms with Gasteiger partial charge in [0.25, 0.3) is 5.91 Å². The fraction of sp³-hybridized carbons (Fsp3) is 0.625. The van der Waals surface area contributed by atoms with Crippen LogP contribution in [0.3, 0.4) is 0 Å². The first-order chi connectivity index (χ1) is 16.1. The van der Waals surface area contributed by atoms with Crippen LogP contribution < -0.4 is 21.3 Å². The molecule has 2 fully saturated rings. The molecule has 0 saturated carbocycles. The van der Waals surface area contributed by atoms with Gasteiger partial charge in [-0.15, -0.1) is 0 Å². The number of carbonyl (C=O) groups excluding carboxylic acids is 3. The van der Waals surface area contributed by atoms with Crippen molar-refractivity contribution in [2.75, 3.05) is 52.4 Å². The zero-order chi connectivity index (χ0) is 23.0. The molecule has 3 aliphatic rings. The molecule has 1 atom stereocenters. The predicted molar refractivity (Wildman–Crippen MR) is 126 cm³/mol. The lowest BCUT2D eigenvalue weighted by Crippen LogP contribution is -2.52. The second kappa shape index (κ2) is 11.7. The first-order valence-corrected chi connectivity index (χ1v) is 12.2. The molecule has 9 nitrogen and oxygen atoms in total. The fourth-order valence-electron chi connectivity index (χ4n) is 4.89. The molecule has 3 amide bonds. The van der Waals surface area contributed by atoms with E-state index in [-0.39, 0.29) is 24.1 Å². The molecule has 2 saturated heterocycles. The number of nitrogens with zero attached hydrogens (tertiary/aromatic N) is 2. The van der Waals surface area contributed by atoms with Gasteiger partial charge in [0.1, 0.15) is 6.04 Å². The quantitative estimate of drug-likeness (QED) is 0.468. The summed E-state index contributed by atoms with van der Waals surface area (Å²) in [5, 5.41) is 12.9. The van der Waals surface area contributed by atoms with Crippen LogP contribution in [0.2, 0.25) is 0 Å². The van der Waals surface area contributed by atoms with Gasteiger partial charge in [-0.1, -0.05) is 18.2 Å². The molecule has 1 aromatic rings. The van der Waals surface area contributed by atoms with Gasteiger partial charge in [-0.25, -0.2) is 0 Å². The maximum absolute atomic E-state index is 13.4. The van der Waals surface area contributed by atoms with E-state index in [4.69, 9.17) is 0 Å². The van der Waals surface area contributed by atoms with Crippen LogP contribution in [-0.4, -0.2) is 85.9 Å². The van der Waals surface area contributed by atoms with Crippen molar-refractivity contribution in [3.63, 3.8) is 0 Å². The average Bonchev–Trinajstić information content (AvgIpc) is 3.13. The maximum Gasteiger partial charge on any atom is 0.255 e. The smallest absolute Gasteiger partial charge is 0.255 e. The lowest BCUT2D eigenvalue weighted by atomic mass is 10.0. The number of nitrogens with one attached hydrogen (secondary N) is 4. The third-order valence-corrected chi connectivity index (χ3v) is 6.65. The van der Waals surface area contributed by atoms with Crippen LogP contribution in [0.4, 0.5) is 0 Å². The van der Waals surface area contributed by atoms with Gasteiger partial charge in [0.15, 0.2) is 0 Å². The summed E-state index contributed by atoms with van der Waals surface area (Å²) in [6, 6.07) is 5.44. The number of rotatable bonds is 3. The molecule has 9 heteroatoms. The topological polar surface area (TPSA) is 106 Å². The summed E-state index contributed by atoms with van der Waals surface area (Å²) in [7, 11) is 0. The van der Waals surface area contributed by atoms with Gasteiger partial charge >= 0.3 is 0 Å². The van der Waals surface area contributed by atoms with Crippen molar-refractivity contribution in [1.82, 2.24) is 31.1 Å². The highest BCUT2D eigenvalue weighted by Crippen LogP contribution is 2.30. The average molecular weight is 457 g/mol. The van der Waals surface area contributed by atoms with E-state index in [2.05, 4.69) is 26.2 Å². The second-order valence-electron chi connectivity index (χ2n) is 9.08. The highest BCUT2D eigenvalue weighted by molar-refractivity contribution is 6.05. The Labute approximate surface area is 195 Å². The Bertz CT molecular complexity index is 847. The summed E-state index contributed by atoms with van der Waals surface area (Å²) in [4.78, 5) is 41.3. The summed E-state index contributed by atoms with van der Waals surface area (Å²) in [5.41, 5.74) is 2.72. The number of hydrogen-bond acceptors (Lipinski definition) is 7. The van der Waals surface area contributed by atoms with Gasteiger partial charge in [0.2, 0.25) is 11.8 Å². The molecule has 0 spiro atoms. The zero-order valence-corrected chi connectivity index (χ0v) is 19.3. The molecule has 1 aromatic carbocycles. The van der Waals surface area contributed by atoms with Gasteiger partial charge in [0, 0.05) is 51.3 Å².